The number of hydrogen-bond acceptors (Lipinski definition) is 4. The summed E-state index contributed by atoms with van der Waals surface area (Å²) in [5.74, 6) is -1.37. The summed E-state index contributed by atoms with van der Waals surface area (Å²) in [6, 6.07) is 13.1. The number of likely N-dealkylation sites (tertiary alicyclic amines) is 1. The number of aliphatic carboxylic acids is 1. The van der Waals surface area contributed by atoms with Gasteiger partial charge in [0.25, 0.3) is 15.9 Å². The van der Waals surface area contributed by atoms with Crippen LogP contribution < -0.4 is 4.72 Å². The lowest BCUT2D eigenvalue weighted by Crippen LogP contribution is -2.47. The number of amides is 1. The SMILES string of the molecule is O=C(O)[C@H]1CCCCN1C(=O)c1ccc(NS(=O)(=O)c2ccccc2)cc1. The van der Waals surface area contributed by atoms with Crippen molar-refractivity contribution >= 4 is 27.6 Å². The molecular formula is C19H20N2O5S. The van der Waals surface area contributed by atoms with Gasteiger partial charge in [-0.15, -0.1) is 0 Å². The van der Waals surface area contributed by atoms with Crippen molar-refractivity contribution in [1.82, 2.24) is 4.90 Å². The molecule has 2 N–H and O–H groups in total. The first-order valence-electron chi connectivity index (χ1n) is 8.60. The van der Waals surface area contributed by atoms with E-state index in [0.717, 1.165) is 12.8 Å². The average molecular weight is 388 g/mol. The second kappa shape index (κ2) is 7.79. The summed E-state index contributed by atoms with van der Waals surface area (Å²) in [6.45, 7) is 0.401. The van der Waals surface area contributed by atoms with E-state index in [1.807, 2.05) is 0 Å². The topological polar surface area (TPSA) is 104 Å². The number of benzene rings is 2. The maximum atomic E-state index is 12.7. The molecule has 0 saturated carbocycles. The number of nitrogens with zero attached hydrogens (tertiary/aromatic N) is 1. The number of carboxylic acid groups (broad SMARTS) is 1. The summed E-state index contributed by atoms with van der Waals surface area (Å²) < 4.78 is 27.1. The molecule has 1 heterocycles. The predicted octanol–water partition coefficient (Wildman–Crippen LogP) is 2.57. The van der Waals surface area contributed by atoms with E-state index in [1.54, 1.807) is 18.2 Å². The molecule has 0 unspecified atom stereocenters. The highest BCUT2D eigenvalue weighted by Crippen LogP contribution is 2.22. The van der Waals surface area contributed by atoms with Gasteiger partial charge >= 0.3 is 5.97 Å². The van der Waals surface area contributed by atoms with Gasteiger partial charge in [0.15, 0.2) is 0 Å². The third-order valence-corrected chi connectivity index (χ3v) is 5.88. The monoisotopic (exact) mass is 388 g/mol. The number of rotatable bonds is 5. The van der Waals surface area contributed by atoms with Crippen molar-refractivity contribution < 1.29 is 23.1 Å². The van der Waals surface area contributed by atoms with Crippen LogP contribution in [0.25, 0.3) is 0 Å². The minimum absolute atomic E-state index is 0.141. The van der Waals surface area contributed by atoms with Gasteiger partial charge in [0.2, 0.25) is 0 Å². The molecule has 0 aliphatic carbocycles. The van der Waals surface area contributed by atoms with Crippen molar-refractivity contribution in [3.05, 3.63) is 60.2 Å². The van der Waals surface area contributed by atoms with Crippen LogP contribution in [-0.2, 0) is 14.8 Å². The number of carbonyl (C=O) groups excluding carboxylic acids is 1. The van der Waals surface area contributed by atoms with Crippen LogP contribution in [0, 0.1) is 0 Å². The Balaban J connectivity index is 1.75. The van der Waals surface area contributed by atoms with Crippen molar-refractivity contribution in [3.63, 3.8) is 0 Å². The van der Waals surface area contributed by atoms with Gasteiger partial charge in [-0.25, -0.2) is 13.2 Å². The van der Waals surface area contributed by atoms with E-state index in [4.69, 9.17) is 0 Å². The van der Waals surface area contributed by atoms with Gasteiger partial charge in [0.1, 0.15) is 6.04 Å². The fourth-order valence-electron chi connectivity index (χ4n) is 3.09. The van der Waals surface area contributed by atoms with Crippen molar-refractivity contribution in [3.8, 4) is 0 Å². The predicted molar refractivity (Wildman–Crippen MR) is 100 cm³/mol. The lowest BCUT2D eigenvalue weighted by molar-refractivity contribution is -0.143. The molecule has 27 heavy (non-hydrogen) atoms. The molecule has 1 aliphatic rings. The number of sulfonamides is 1. The quantitative estimate of drug-likeness (QED) is 0.819. The maximum Gasteiger partial charge on any atom is 0.326 e. The molecule has 1 amide bonds. The largest absolute Gasteiger partial charge is 0.480 e. The van der Waals surface area contributed by atoms with Crippen LogP contribution in [-0.4, -0.2) is 42.9 Å². The van der Waals surface area contributed by atoms with Crippen LogP contribution in [0.2, 0.25) is 0 Å². The Morgan fingerprint density at radius 1 is 1.00 bits per heavy atom. The highest BCUT2D eigenvalue weighted by molar-refractivity contribution is 7.92. The number of anilines is 1. The third kappa shape index (κ3) is 4.28. The van der Waals surface area contributed by atoms with Crippen LogP contribution in [0.1, 0.15) is 29.6 Å². The second-order valence-corrected chi connectivity index (χ2v) is 8.03. The number of nitrogens with one attached hydrogen (secondary N) is 1. The Labute approximate surface area is 157 Å². The van der Waals surface area contributed by atoms with Crippen molar-refractivity contribution in [2.24, 2.45) is 0 Å². The molecular weight excluding hydrogens is 368 g/mol. The molecule has 7 nitrogen and oxygen atoms in total. The van der Waals surface area contributed by atoms with Gasteiger partial charge < -0.3 is 10.0 Å². The van der Waals surface area contributed by atoms with Gasteiger partial charge in [-0.1, -0.05) is 18.2 Å². The molecule has 3 rings (SSSR count). The summed E-state index contributed by atoms with van der Waals surface area (Å²) >= 11 is 0. The number of carboxylic acids is 1. The normalized spacial score (nSPS) is 17.3. The zero-order valence-electron chi connectivity index (χ0n) is 14.5. The Kier molecular flexibility index (Phi) is 5.46. The van der Waals surface area contributed by atoms with Crippen molar-refractivity contribution in [1.29, 1.82) is 0 Å². The maximum absolute atomic E-state index is 12.7. The first-order chi connectivity index (χ1) is 12.9. The molecule has 0 aromatic heterocycles. The van der Waals surface area contributed by atoms with E-state index in [-0.39, 0.29) is 10.8 Å². The highest BCUT2D eigenvalue weighted by atomic mass is 32.2. The van der Waals surface area contributed by atoms with Crippen LogP contribution in [0.4, 0.5) is 5.69 Å². The standard InChI is InChI=1S/C19H20N2O5S/c22-18(21-13-5-4-8-17(21)19(23)24)14-9-11-15(12-10-14)20-27(25,26)16-6-2-1-3-7-16/h1-3,6-7,9-12,17,20H,4-5,8,13H2,(H,23,24)/t17-/m1/s1. The smallest absolute Gasteiger partial charge is 0.326 e. The zero-order chi connectivity index (χ0) is 19.4. The van der Waals surface area contributed by atoms with Gasteiger partial charge in [-0.2, -0.15) is 0 Å². The molecule has 1 saturated heterocycles. The van der Waals surface area contributed by atoms with E-state index in [9.17, 15) is 23.1 Å². The molecule has 8 heteroatoms. The fraction of sp³-hybridized carbons (Fsp3) is 0.263. The molecule has 1 fully saturated rings. The van der Waals surface area contributed by atoms with Crippen LogP contribution >= 0.6 is 0 Å². The lowest BCUT2D eigenvalue weighted by atomic mass is 10.0. The minimum atomic E-state index is -3.71. The third-order valence-electron chi connectivity index (χ3n) is 4.49. The molecule has 0 radical (unpaired) electrons. The number of hydrogen-bond donors (Lipinski definition) is 2. The highest BCUT2D eigenvalue weighted by Gasteiger charge is 2.32. The molecule has 1 atom stereocenters. The number of carbonyl (C=O) groups is 2. The van der Waals surface area contributed by atoms with Crippen LogP contribution in [0.5, 0.6) is 0 Å². The summed E-state index contributed by atoms with van der Waals surface area (Å²) in [5, 5.41) is 9.31. The molecule has 0 spiro atoms. The summed E-state index contributed by atoms with van der Waals surface area (Å²) in [6.07, 6.45) is 1.99. The average Bonchev–Trinajstić information content (AvgIpc) is 2.68. The van der Waals surface area contributed by atoms with Crippen molar-refractivity contribution in [2.45, 2.75) is 30.2 Å². The van der Waals surface area contributed by atoms with E-state index >= 15 is 0 Å². The van der Waals surface area contributed by atoms with Crippen molar-refractivity contribution in [2.75, 3.05) is 11.3 Å². The first-order valence-corrected chi connectivity index (χ1v) is 10.1. The molecule has 2 aromatic carbocycles. The van der Waals surface area contributed by atoms with Gasteiger partial charge in [-0.05, 0) is 55.7 Å². The van der Waals surface area contributed by atoms with E-state index in [1.165, 1.54) is 41.3 Å². The summed E-state index contributed by atoms with van der Waals surface area (Å²) in [7, 11) is -3.71. The molecule has 0 bridgehead atoms. The van der Waals surface area contributed by atoms with Gasteiger partial charge in [0.05, 0.1) is 4.90 Å². The minimum Gasteiger partial charge on any atom is -0.480 e. The first kappa shape index (κ1) is 18.9. The van der Waals surface area contributed by atoms with E-state index in [2.05, 4.69) is 4.72 Å². The molecule has 1 aliphatic heterocycles. The number of piperidine rings is 1. The Bertz CT molecular complexity index is 926. The Morgan fingerprint density at radius 2 is 1.67 bits per heavy atom. The fourth-order valence-corrected chi connectivity index (χ4v) is 4.17. The van der Waals surface area contributed by atoms with Crippen LogP contribution in [0.3, 0.4) is 0 Å². The van der Waals surface area contributed by atoms with E-state index in [0.29, 0.717) is 24.2 Å². The molecule has 2 aromatic rings. The van der Waals surface area contributed by atoms with Gasteiger partial charge in [-0.3, -0.25) is 9.52 Å². The van der Waals surface area contributed by atoms with Crippen LogP contribution in [0.15, 0.2) is 59.5 Å². The Hall–Kier alpha value is -2.87. The molecule has 142 valence electrons. The second-order valence-electron chi connectivity index (χ2n) is 6.34. The van der Waals surface area contributed by atoms with E-state index < -0.39 is 22.0 Å². The Morgan fingerprint density at radius 3 is 2.30 bits per heavy atom. The summed E-state index contributed by atoms with van der Waals surface area (Å²) in [5.41, 5.74) is 0.648. The zero-order valence-corrected chi connectivity index (χ0v) is 15.4. The van der Waals surface area contributed by atoms with Gasteiger partial charge in [0, 0.05) is 17.8 Å². The summed E-state index contributed by atoms with van der Waals surface area (Å²) in [4.78, 5) is 25.5. The lowest BCUT2D eigenvalue weighted by Gasteiger charge is -2.33.